The van der Waals surface area contributed by atoms with Crippen LogP contribution >= 0.6 is 0 Å². The van der Waals surface area contributed by atoms with Crippen LogP contribution in [0.25, 0.3) is 121 Å². The van der Waals surface area contributed by atoms with E-state index in [2.05, 4.69) is 215 Å². The second-order valence-electron chi connectivity index (χ2n) is 15.7. The number of para-hydroxylation sites is 2. The van der Waals surface area contributed by atoms with Gasteiger partial charge in [-0.2, -0.15) is 0 Å². The van der Waals surface area contributed by atoms with Crippen molar-refractivity contribution >= 4 is 65.2 Å². The summed E-state index contributed by atoms with van der Waals surface area (Å²) in [6.45, 7) is 0. The summed E-state index contributed by atoms with van der Waals surface area (Å²) in [4.78, 5) is 0. The van der Waals surface area contributed by atoms with E-state index < -0.39 is 0 Å². The van der Waals surface area contributed by atoms with Crippen LogP contribution < -0.4 is 0 Å². The van der Waals surface area contributed by atoms with Crippen molar-refractivity contribution in [2.75, 3.05) is 0 Å². The van der Waals surface area contributed by atoms with Gasteiger partial charge in [0.1, 0.15) is 0 Å². The monoisotopic (exact) mass is 734 g/mol. The summed E-state index contributed by atoms with van der Waals surface area (Å²) in [6, 6.07) is 76.2. The van der Waals surface area contributed by atoms with Gasteiger partial charge in [-0.05, 0) is 127 Å². The van der Waals surface area contributed by atoms with Crippen molar-refractivity contribution in [1.82, 2.24) is 9.13 Å². The highest BCUT2D eigenvalue weighted by Crippen LogP contribution is 2.49. The molecule has 1 aliphatic carbocycles. The lowest BCUT2D eigenvalue weighted by atomic mass is 9.96. The van der Waals surface area contributed by atoms with Crippen LogP contribution in [0.15, 0.2) is 206 Å². The van der Waals surface area contributed by atoms with E-state index in [4.69, 9.17) is 0 Å². The second-order valence-corrected chi connectivity index (χ2v) is 15.7. The molecule has 12 aromatic rings. The van der Waals surface area contributed by atoms with Crippen LogP contribution in [0.3, 0.4) is 0 Å². The smallest absolute Gasteiger partial charge is 0.0619 e. The van der Waals surface area contributed by atoms with E-state index in [1.807, 2.05) is 0 Å². The van der Waals surface area contributed by atoms with Gasteiger partial charge in [-0.1, -0.05) is 140 Å². The number of rotatable bonds is 4. The third-order valence-corrected chi connectivity index (χ3v) is 12.6. The maximum Gasteiger partial charge on any atom is 0.0619 e. The fourth-order valence-electron chi connectivity index (χ4n) is 10.0. The van der Waals surface area contributed by atoms with Crippen LogP contribution in [0.4, 0.5) is 0 Å². The minimum absolute atomic E-state index is 1.15. The van der Waals surface area contributed by atoms with Crippen LogP contribution in [-0.4, -0.2) is 9.13 Å². The number of aromatic nitrogens is 2. The summed E-state index contributed by atoms with van der Waals surface area (Å²) < 4.78 is 4.85. The summed E-state index contributed by atoms with van der Waals surface area (Å²) in [6.07, 6.45) is 0. The fourth-order valence-corrected chi connectivity index (χ4v) is 10.0. The largest absolute Gasteiger partial charge is 0.309 e. The van der Waals surface area contributed by atoms with Gasteiger partial charge in [-0.25, -0.2) is 0 Å². The lowest BCUT2D eigenvalue weighted by Crippen LogP contribution is -1.95. The van der Waals surface area contributed by atoms with E-state index in [-0.39, 0.29) is 0 Å². The molecule has 2 heterocycles. The summed E-state index contributed by atoms with van der Waals surface area (Å²) >= 11 is 0. The van der Waals surface area contributed by atoms with E-state index in [0.717, 1.165) is 5.69 Å². The lowest BCUT2D eigenvalue weighted by molar-refractivity contribution is 1.18. The number of hydrogen-bond acceptors (Lipinski definition) is 0. The Morgan fingerprint density at radius 1 is 0.259 bits per heavy atom. The molecule has 2 heteroatoms. The Bertz CT molecular complexity index is 3660. The molecule has 2 nitrogen and oxygen atoms in total. The molecule has 13 rings (SSSR count). The Hall–Kier alpha value is -7.68. The molecule has 0 saturated heterocycles. The van der Waals surface area contributed by atoms with Gasteiger partial charge >= 0.3 is 0 Å². The van der Waals surface area contributed by atoms with Gasteiger partial charge in [0.2, 0.25) is 0 Å². The molecule has 10 aromatic carbocycles. The molecule has 58 heavy (non-hydrogen) atoms. The highest BCUT2D eigenvalue weighted by molar-refractivity contribution is 6.20. The maximum absolute atomic E-state index is 2.47. The first-order chi connectivity index (χ1) is 28.8. The molecular formula is C56H34N2. The van der Waals surface area contributed by atoms with Crippen molar-refractivity contribution in [2.45, 2.75) is 0 Å². The number of hydrogen-bond donors (Lipinski definition) is 0. The molecule has 0 N–H and O–H groups in total. The van der Waals surface area contributed by atoms with E-state index in [0.29, 0.717) is 0 Å². The molecule has 0 saturated carbocycles. The number of benzene rings is 10. The normalized spacial score (nSPS) is 12.1. The highest BCUT2D eigenvalue weighted by Gasteiger charge is 2.22. The third-order valence-electron chi connectivity index (χ3n) is 12.6. The van der Waals surface area contributed by atoms with E-state index in [9.17, 15) is 0 Å². The molecule has 1 aliphatic rings. The summed E-state index contributed by atoms with van der Waals surface area (Å²) in [7, 11) is 0. The van der Waals surface area contributed by atoms with Gasteiger partial charge in [-0.15, -0.1) is 0 Å². The van der Waals surface area contributed by atoms with Gasteiger partial charge in [-0.3, -0.25) is 0 Å². The number of fused-ring (bicyclic) bond motifs is 11. The van der Waals surface area contributed by atoms with Crippen LogP contribution in [-0.2, 0) is 0 Å². The van der Waals surface area contributed by atoms with Crippen LogP contribution in [0.5, 0.6) is 0 Å². The molecule has 0 spiro atoms. The Morgan fingerprint density at radius 3 is 1.66 bits per heavy atom. The minimum atomic E-state index is 1.15. The van der Waals surface area contributed by atoms with E-state index in [1.165, 1.54) is 115 Å². The first-order valence-electron chi connectivity index (χ1n) is 20.1. The van der Waals surface area contributed by atoms with Gasteiger partial charge in [0.15, 0.2) is 0 Å². The first-order valence-corrected chi connectivity index (χ1v) is 20.1. The predicted molar refractivity (Wildman–Crippen MR) is 245 cm³/mol. The van der Waals surface area contributed by atoms with Crippen molar-refractivity contribution in [2.24, 2.45) is 0 Å². The standard InChI is InChI=1S/C56H34N2/c1-2-13-41(14-3-1)57-52-20-9-8-18-46(52)49-32-37(24-29-53(49)57)38-25-30-54-50(33-38)48-28-23-36-11-4-5-15-43(36)56(48)58(54)42-26-21-35(22-27-42)40-31-39-12-10-19-47-44-16-6-7-17-45(44)51(34-40)55(39)47/h1-34H. The van der Waals surface area contributed by atoms with Crippen molar-refractivity contribution in [1.29, 1.82) is 0 Å². The zero-order valence-corrected chi connectivity index (χ0v) is 31.5. The highest BCUT2D eigenvalue weighted by atomic mass is 15.0. The molecule has 0 unspecified atom stereocenters. The molecule has 268 valence electrons. The molecule has 0 fully saturated rings. The molecule has 0 amide bonds. The average Bonchev–Trinajstić information content (AvgIpc) is 3.93. The Morgan fingerprint density at radius 2 is 0.845 bits per heavy atom. The van der Waals surface area contributed by atoms with E-state index >= 15 is 0 Å². The summed E-state index contributed by atoms with van der Waals surface area (Å²) in [5, 5.41) is 10.2. The van der Waals surface area contributed by atoms with Gasteiger partial charge in [0.25, 0.3) is 0 Å². The van der Waals surface area contributed by atoms with Crippen LogP contribution in [0.1, 0.15) is 0 Å². The average molecular weight is 735 g/mol. The van der Waals surface area contributed by atoms with Gasteiger partial charge < -0.3 is 9.13 Å². The molecule has 0 atom stereocenters. The quantitative estimate of drug-likeness (QED) is 0.170. The Balaban J connectivity index is 0.971. The fraction of sp³-hybridized carbons (Fsp3) is 0. The molecule has 2 aromatic heterocycles. The molecule has 0 bridgehead atoms. The zero-order chi connectivity index (χ0) is 37.9. The Kier molecular flexibility index (Phi) is 6.47. The molecule has 0 radical (unpaired) electrons. The Labute approximate surface area is 335 Å². The van der Waals surface area contributed by atoms with E-state index in [1.54, 1.807) is 0 Å². The van der Waals surface area contributed by atoms with Crippen molar-refractivity contribution in [3.63, 3.8) is 0 Å². The maximum atomic E-state index is 2.47. The van der Waals surface area contributed by atoms with Crippen LogP contribution in [0, 0.1) is 0 Å². The second kappa shape index (κ2) is 11.9. The van der Waals surface area contributed by atoms with Crippen LogP contribution in [0.2, 0.25) is 0 Å². The topological polar surface area (TPSA) is 9.86 Å². The van der Waals surface area contributed by atoms with Crippen molar-refractivity contribution in [3.8, 4) is 55.9 Å². The molecular weight excluding hydrogens is 701 g/mol. The number of nitrogens with zero attached hydrogens (tertiary/aromatic N) is 2. The SMILES string of the molecule is c1ccc(-n2c3ccccc3c3cc(-c4ccc5c(c4)c4ccc6ccccc6c4n5-c4ccc(-c5cc6c7c(cccc7c5)-c5ccccc5-6)cc4)ccc32)cc1. The van der Waals surface area contributed by atoms with Crippen molar-refractivity contribution < 1.29 is 0 Å². The zero-order valence-electron chi connectivity index (χ0n) is 31.5. The minimum Gasteiger partial charge on any atom is -0.309 e. The first kappa shape index (κ1) is 31.5. The van der Waals surface area contributed by atoms with Crippen molar-refractivity contribution in [3.05, 3.63) is 206 Å². The third kappa shape index (κ3) is 4.43. The molecule has 0 aliphatic heterocycles. The lowest BCUT2D eigenvalue weighted by Gasteiger charge is -2.12. The summed E-state index contributed by atoms with van der Waals surface area (Å²) in [5.41, 5.74) is 17.4. The van der Waals surface area contributed by atoms with Gasteiger partial charge in [0, 0.05) is 38.3 Å². The predicted octanol–water partition coefficient (Wildman–Crippen LogP) is 15.2. The summed E-state index contributed by atoms with van der Waals surface area (Å²) in [5.74, 6) is 0. The van der Waals surface area contributed by atoms with Gasteiger partial charge in [0.05, 0.1) is 22.1 Å².